The molecule has 1 aliphatic heterocycles. The van der Waals surface area contributed by atoms with E-state index in [9.17, 15) is 4.79 Å². The van der Waals surface area contributed by atoms with Crippen molar-refractivity contribution in [2.24, 2.45) is 17.8 Å². The minimum Gasteiger partial charge on any atom is -0.338 e. The van der Waals surface area contributed by atoms with Crippen LogP contribution < -0.4 is 10.5 Å². The van der Waals surface area contributed by atoms with Crippen molar-refractivity contribution in [3.05, 3.63) is 51.4 Å². The smallest absolute Gasteiger partial charge is 0.288 e. The van der Waals surface area contributed by atoms with Gasteiger partial charge in [-0.25, -0.2) is 4.68 Å². The van der Waals surface area contributed by atoms with E-state index in [0.29, 0.717) is 5.02 Å². The number of aromatic nitrogens is 2. The third-order valence-corrected chi connectivity index (χ3v) is 7.89. The predicted molar refractivity (Wildman–Crippen MR) is 107 cm³/mol. The van der Waals surface area contributed by atoms with Gasteiger partial charge >= 0.3 is 0 Å². The average molecular weight is 382 g/mol. The van der Waals surface area contributed by atoms with Gasteiger partial charge in [0.15, 0.2) is 0 Å². The van der Waals surface area contributed by atoms with Gasteiger partial charge in [0.05, 0.1) is 17.4 Å². The van der Waals surface area contributed by atoms with Gasteiger partial charge in [-0.2, -0.15) is 5.10 Å². The van der Waals surface area contributed by atoms with E-state index in [1.807, 2.05) is 12.3 Å². The Labute approximate surface area is 164 Å². The number of rotatable bonds is 2. The molecular weight excluding hydrogens is 358 g/mol. The number of halogens is 1. The molecule has 0 radical (unpaired) electrons. The number of anilines is 2. The van der Waals surface area contributed by atoms with Crippen LogP contribution >= 0.6 is 11.6 Å². The monoisotopic (exact) mass is 381 g/mol. The van der Waals surface area contributed by atoms with Crippen molar-refractivity contribution in [3.63, 3.8) is 0 Å². The van der Waals surface area contributed by atoms with E-state index < -0.39 is 0 Å². The normalized spacial score (nSPS) is 33.5. The summed E-state index contributed by atoms with van der Waals surface area (Å²) < 4.78 is 1.78. The number of hydrogen-bond acceptors (Lipinski definition) is 3. The van der Waals surface area contributed by atoms with Gasteiger partial charge < -0.3 is 4.90 Å². The molecule has 4 bridgehead atoms. The summed E-state index contributed by atoms with van der Waals surface area (Å²) in [6.45, 7) is 0.849. The lowest BCUT2D eigenvalue weighted by atomic mass is 9.53. The van der Waals surface area contributed by atoms with Gasteiger partial charge in [0.2, 0.25) is 0 Å². The summed E-state index contributed by atoms with van der Waals surface area (Å²) in [5.74, 6) is 2.32. The molecule has 0 N–H and O–H groups in total. The first-order valence-corrected chi connectivity index (χ1v) is 10.6. The van der Waals surface area contributed by atoms with Gasteiger partial charge in [0, 0.05) is 12.2 Å². The highest BCUT2D eigenvalue weighted by atomic mass is 35.5. The largest absolute Gasteiger partial charge is 0.338 e. The summed E-state index contributed by atoms with van der Waals surface area (Å²) in [5, 5.41) is 5.06. The molecule has 1 aromatic carbocycles. The van der Waals surface area contributed by atoms with Crippen molar-refractivity contribution in [2.75, 3.05) is 11.4 Å². The zero-order valence-electron chi connectivity index (χ0n) is 15.4. The molecule has 5 heteroatoms. The van der Waals surface area contributed by atoms with E-state index >= 15 is 0 Å². The molecule has 5 aliphatic rings. The van der Waals surface area contributed by atoms with Crippen LogP contribution in [-0.4, -0.2) is 16.3 Å². The van der Waals surface area contributed by atoms with Gasteiger partial charge in [-0.1, -0.05) is 29.8 Å². The fourth-order valence-corrected chi connectivity index (χ4v) is 7.09. The highest BCUT2D eigenvalue weighted by molar-refractivity contribution is 6.33. The lowest BCUT2D eigenvalue weighted by molar-refractivity contribution is -0.0518. The van der Waals surface area contributed by atoms with E-state index in [1.54, 1.807) is 4.68 Å². The molecule has 0 saturated heterocycles. The maximum Gasteiger partial charge on any atom is 0.288 e. The van der Waals surface area contributed by atoms with Gasteiger partial charge in [0.1, 0.15) is 5.02 Å². The molecule has 0 atom stereocenters. The van der Waals surface area contributed by atoms with E-state index in [4.69, 9.17) is 16.7 Å². The molecule has 140 valence electrons. The van der Waals surface area contributed by atoms with Crippen LogP contribution in [0.3, 0.4) is 0 Å². The maximum atomic E-state index is 13.3. The van der Waals surface area contributed by atoms with Crippen molar-refractivity contribution >= 4 is 23.0 Å². The van der Waals surface area contributed by atoms with Crippen LogP contribution in [0.1, 0.15) is 44.1 Å². The van der Waals surface area contributed by atoms with Gasteiger partial charge in [-0.05, 0) is 74.3 Å². The van der Waals surface area contributed by atoms with Crippen LogP contribution in [0, 0.1) is 17.8 Å². The molecule has 2 heterocycles. The fraction of sp³-hybridized carbons (Fsp3) is 0.545. The zero-order chi connectivity index (χ0) is 18.2. The topological polar surface area (TPSA) is 38.1 Å². The standard InChI is InChI=1S/C22H24ClN3O/c23-20-19(25-6-5-17-3-1-2-4-18(17)25)13-24-26(21(20)27)22-10-14-7-15(11-22)9-16(8-14)12-22/h1-4,13-16H,5-12H2. The summed E-state index contributed by atoms with van der Waals surface area (Å²) in [5.41, 5.74) is 3.02. The molecule has 4 aliphatic carbocycles. The van der Waals surface area contributed by atoms with Crippen molar-refractivity contribution in [2.45, 2.75) is 50.5 Å². The van der Waals surface area contributed by atoms with Crippen molar-refractivity contribution in [1.82, 2.24) is 9.78 Å². The highest BCUT2D eigenvalue weighted by Crippen LogP contribution is 2.58. The van der Waals surface area contributed by atoms with E-state index in [2.05, 4.69) is 23.1 Å². The van der Waals surface area contributed by atoms with Crippen molar-refractivity contribution in [1.29, 1.82) is 0 Å². The summed E-state index contributed by atoms with van der Waals surface area (Å²) in [4.78, 5) is 15.5. The Balaban J connectivity index is 1.42. The number of hydrogen-bond donors (Lipinski definition) is 0. The third-order valence-electron chi connectivity index (χ3n) is 7.53. The molecule has 7 rings (SSSR count). The van der Waals surface area contributed by atoms with Crippen molar-refractivity contribution in [3.8, 4) is 0 Å². The minimum atomic E-state index is -0.0968. The molecule has 0 amide bonds. The second-order valence-electron chi connectivity index (χ2n) is 9.23. The van der Waals surface area contributed by atoms with E-state index in [0.717, 1.165) is 61.4 Å². The van der Waals surface area contributed by atoms with Crippen LogP contribution in [-0.2, 0) is 12.0 Å². The maximum absolute atomic E-state index is 13.3. The molecule has 1 aromatic heterocycles. The summed E-state index contributed by atoms with van der Waals surface area (Å²) in [6, 6.07) is 8.35. The molecule has 27 heavy (non-hydrogen) atoms. The van der Waals surface area contributed by atoms with Crippen LogP contribution in [0.5, 0.6) is 0 Å². The van der Waals surface area contributed by atoms with E-state index in [-0.39, 0.29) is 11.1 Å². The SMILES string of the molecule is O=c1c(Cl)c(N2CCc3ccccc32)cnn1C12CC3CC(CC(C3)C1)C2. The lowest BCUT2D eigenvalue weighted by Crippen LogP contribution is -2.55. The molecule has 4 fully saturated rings. The Morgan fingerprint density at radius 1 is 1.00 bits per heavy atom. The highest BCUT2D eigenvalue weighted by Gasteiger charge is 2.53. The molecular formula is C22H24ClN3O. The zero-order valence-corrected chi connectivity index (χ0v) is 16.2. The second kappa shape index (κ2) is 5.60. The van der Waals surface area contributed by atoms with Gasteiger partial charge in [0.25, 0.3) is 5.56 Å². The third kappa shape index (κ3) is 2.29. The molecule has 2 aromatic rings. The molecule has 0 spiro atoms. The Morgan fingerprint density at radius 3 is 2.37 bits per heavy atom. The van der Waals surface area contributed by atoms with Crippen LogP contribution in [0.4, 0.5) is 11.4 Å². The van der Waals surface area contributed by atoms with Gasteiger partial charge in [-0.3, -0.25) is 4.79 Å². The molecule has 4 nitrogen and oxygen atoms in total. The number of benzene rings is 1. The van der Waals surface area contributed by atoms with Crippen LogP contribution in [0.2, 0.25) is 5.02 Å². The number of nitrogens with zero attached hydrogens (tertiary/aromatic N) is 3. The fourth-order valence-electron chi connectivity index (χ4n) is 6.86. The van der Waals surface area contributed by atoms with Crippen molar-refractivity contribution < 1.29 is 0 Å². The molecule has 4 saturated carbocycles. The number of para-hydroxylation sites is 1. The summed E-state index contributed by atoms with van der Waals surface area (Å²) in [6.07, 6.45) is 10.2. The first-order chi connectivity index (χ1) is 13.1. The van der Waals surface area contributed by atoms with Crippen LogP contribution in [0.25, 0.3) is 0 Å². The summed E-state index contributed by atoms with van der Waals surface area (Å²) in [7, 11) is 0. The first-order valence-electron chi connectivity index (χ1n) is 10.3. The van der Waals surface area contributed by atoms with E-state index in [1.165, 1.54) is 24.8 Å². The Bertz CT molecular complexity index is 946. The first kappa shape index (κ1) is 16.2. The molecule has 0 unspecified atom stereocenters. The Morgan fingerprint density at radius 2 is 1.67 bits per heavy atom. The lowest BCUT2D eigenvalue weighted by Gasteiger charge is -2.56. The predicted octanol–water partition coefficient (Wildman–Crippen LogP) is 4.52. The Hall–Kier alpha value is -1.81. The van der Waals surface area contributed by atoms with Crippen LogP contribution in [0.15, 0.2) is 35.3 Å². The number of fused-ring (bicyclic) bond motifs is 1. The summed E-state index contributed by atoms with van der Waals surface area (Å²) >= 11 is 6.67. The minimum absolute atomic E-state index is 0.0864. The second-order valence-corrected chi connectivity index (χ2v) is 9.61. The quantitative estimate of drug-likeness (QED) is 0.767. The Kier molecular flexibility index (Phi) is 3.36. The average Bonchev–Trinajstić information content (AvgIpc) is 3.06. The van der Waals surface area contributed by atoms with Gasteiger partial charge in [-0.15, -0.1) is 0 Å².